The Morgan fingerprint density at radius 2 is 1.83 bits per heavy atom. The molecule has 4 aromatic rings. The average Bonchev–Trinajstić information content (AvgIpc) is 3.32. The molecule has 1 unspecified atom stereocenters. The van der Waals surface area contributed by atoms with Crippen LogP contribution in [0.1, 0.15) is 29.7 Å². The van der Waals surface area contributed by atoms with Gasteiger partial charge in [0.25, 0.3) is 5.91 Å². The first-order valence-corrected chi connectivity index (χ1v) is 11.5. The van der Waals surface area contributed by atoms with Crippen molar-refractivity contribution in [2.75, 3.05) is 17.2 Å². The van der Waals surface area contributed by atoms with Crippen LogP contribution in [0, 0.1) is 6.92 Å². The van der Waals surface area contributed by atoms with Gasteiger partial charge in [-0.25, -0.2) is 0 Å². The Morgan fingerprint density at radius 3 is 2.60 bits per heavy atom. The molecule has 2 heterocycles. The fourth-order valence-electron chi connectivity index (χ4n) is 4.21. The number of aryl methyl sites for hydroxylation is 1. The Hall–Kier alpha value is -4.46. The minimum absolute atomic E-state index is 0.213. The molecule has 0 aliphatic carbocycles. The van der Waals surface area contributed by atoms with E-state index in [0.29, 0.717) is 23.8 Å². The fraction of sp³-hybridized carbons (Fsp3) is 0.185. The molecule has 8 nitrogen and oxygen atoms in total. The number of ether oxygens (including phenoxy) is 1. The maximum Gasteiger partial charge on any atom is 0.255 e. The first-order valence-electron chi connectivity index (χ1n) is 11.5. The molecule has 35 heavy (non-hydrogen) atoms. The number of benzene rings is 3. The number of allylic oxidation sites excluding steroid dienone is 1. The third-order valence-corrected chi connectivity index (χ3v) is 5.93. The van der Waals surface area contributed by atoms with Crippen molar-refractivity contribution in [3.8, 4) is 5.75 Å². The second-order valence-corrected chi connectivity index (χ2v) is 8.49. The molecular weight excluding hydrogens is 440 g/mol. The van der Waals surface area contributed by atoms with Crippen LogP contribution < -0.4 is 15.4 Å². The molecule has 0 radical (unpaired) electrons. The molecule has 1 aliphatic rings. The molecule has 0 saturated heterocycles. The third kappa shape index (κ3) is 4.91. The number of hydrogen-bond acceptors (Lipinski definition) is 6. The number of carbonyl (C=O) groups excluding carboxylic acids is 1. The summed E-state index contributed by atoms with van der Waals surface area (Å²) in [6.07, 6.45) is 0.829. The second kappa shape index (κ2) is 9.80. The molecule has 3 aromatic carbocycles. The van der Waals surface area contributed by atoms with E-state index in [1.807, 2.05) is 80.6 Å². The number of tetrazole rings is 1. The summed E-state index contributed by atoms with van der Waals surface area (Å²) in [4.78, 5) is 13.4. The van der Waals surface area contributed by atoms with Crippen LogP contribution in [0.2, 0.25) is 0 Å². The first-order chi connectivity index (χ1) is 17.1. The zero-order chi connectivity index (χ0) is 24.2. The van der Waals surface area contributed by atoms with Crippen molar-refractivity contribution in [1.29, 1.82) is 0 Å². The number of amides is 1. The lowest BCUT2D eigenvalue weighted by molar-refractivity contribution is -0.113. The molecule has 1 atom stereocenters. The minimum atomic E-state index is -0.482. The van der Waals surface area contributed by atoms with Gasteiger partial charge in [-0.3, -0.25) is 4.79 Å². The van der Waals surface area contributed by atoms with Gasteiger partial charge in [-0.15, -0.1) is 0 Å². The quantitative estimate of drug-likeness (QED) is 0.416. The molecule has 5 rings (SSSR count). The molecule has 1 aromatic heterocycles. The van der Waals surface area contributed by atoms with Gasteiger partial charge >= 0.3 is 0 Å². The van der Waals surface area contributed by atoms with E-state index in [2.05, 4.69) is 38.3 Å². The lowest BCUT2D eigenvalue weighted by atomic mass is 9.95. The van der Waals surface area contributed by atoms with Crippen LogP contribution in [0.5, 0.6) is 5.75 Å². The van der Waals surface area contributed by atoms with Crippen LogP contribution in [0.25, 0.3) is 0 Å². The molecule has 0 spiro atoms. The van der Waals surface area contributed by atoms with Gasteiger partial charge in [-0.1, -0.05) is 59.7 Å². The van der Waals surface area contributed by atoms with E-state index in [-0.39, 0.29) is 5.91 Å². The number of hydrogen-bond donors (Lipinski definition) is 2. The number of aromatic nitrogens is 4. The van der Waals surface area contributed by atoms with E-state index < -0.39 is 6.04 Å². The van der Waals surface area contributed by atoms with Crippen LogP contribution in [0.3, 0.4) is 0 Å². The second-order valence-electron chi connectivity index (χ2n) is 8.49. The summed E-state index contributed by atoms with van der Waals surface area (Å²) >= 11 is 0. The van der Waals surface area contributed by atoms with Gasteiger partial charge in [-0.2, -0.15) is 4.68 Å². The van der Waals surface area contributed by atoms with Crippen molar-refractivity contribution < 1.29 is 9.53 Å². The van der Waals surface area contributed by atoms with Crippen molar-refractivity contribution in [3.63, 3.8) is 0 Å². The Morgan fingerprint density at radius 1 is 1.03 bits per heavy atom. The maximum atomic E-state index is 13.4. The highest BCUT2D eigenvalue weighted by molar-refractivity contribution is 6.06. The van der Waals surface area contributed by atoms with Crippen LogP contribution in [-0.4, -0.2) is 32.7 Å². The molecule has 1 aliphatic heterocycles. The number of nitrogens with zero attached hydrogens (tertiary/aromatic N) is 4. The van der Waals surface area contributed by atoms with E-state index in [1.54, 1.807) is 4.68 Å². The highest BCUT2D eigenvalue weighted by Gasteiger charge is 2.34. The highest BCUT2D eigenvalue weighted by atomic mass is 16.5. The monoisotopic (exact) mass is 466 g/mol. The summed E-state index contributed by atoms with van der Waals surface area (Å²) < 4.78 is 7.57. The van der Waals surface area contributed by atoms with Crippen molar-refractivity contribution >= 4 is 17.5 Å². The molecular formula is C27H26N6O2. The van der Waals surface area contributed by atoms with E-state index in [4.69, 9.17) is 4.74 Å². The topological polar surface area (TPSA) is 94.0 Å². The largest absolute Gasteiger partial charge is 0.493 e. The summed E-state index contributed by atoms with van der Waals surface area (Å²) in [7, 11) is 0. The molecule has 8 heteroatoms. The Balaban J connectivity index is 1.37. The Kier molecular flexibility index (Phi) is 6.26. The summed E-state index contributed by atoms with van der Waals surface area (Å²) in [5.41, 5.74) is 5.16. The Bertz CT molecular complexity index is 1360. The third-order valence-electron chi connectivity index (χ3n) is 5.93. The average molecular weight is 467 g/mol. The van der Waals surface area contributed by atoms with Crippen LogP contribution in [-0.2, 0) is 11.2 Å². The van der Waals surface area contributed by atoms with Crippen molar-refractivity contribution in [2.45, 2.75) is 26.3 Å². The molecule has 0 fully saturated rings. The molecule has 0 bridgehead atoms. The van der Waals surface area contributed by atoms with Gasteiger partial charge in [0.2, 0.25) is 5.95 Å². The van der Waals surface area contributed by atoms with Crippen LogP contribution in [0.4, 0.5) is 11.6 Å². The molecule has 176 valence electrons. The van der Waals surface area contributed by atoms with E-state index in [9.17, 15) is 4.79 Å². The van der Waals surface area contributed by atoms with Gasteiger partial charge in [0.1, 0.15) is 11.8 Å². The summed E-state index contributed by atoms with van der Waals surface area (Å²) in [6.45, 7) is 4.43. The van der Waals surface area contributed by atoms with Gasteiger partial charge in [-0.05, 0) is 65.2 Å². The minimum Gasteiger partial charge on any atom is -0.493 e. The zero-order valence-corrected chi connectivity index (χ0v) is 19.6. The van der Waals surface area contributed by atoms with E-state index in [0.717, 1.165) is 29.0 Å². The van der Waals surface area contributed by atoms with E-state index in [1.165, 1.54) is 5.56 Å². The van der Waals surface area contributed by atoms with Gasteiger partial charge in [0.15, 0.2) is 0 Å². The molecule has 2 N–H and O–H groups in total. The maximum absolute atomic E-state index is 13.4. The van der Waals surface area contributed by atoms with Crippen LogP contribution in [0.15, 0.2) is 90.1 Å². The zero-order valence-electron chi connectivity index (χ0n) is 19.6. The van der Waals surface area contributed by atoms with Gasteiger partial charge in [0.05, 0.1) is 12.2 Å². The summed E-state index contributed by atoms with van der Waals surface area (Å²) in [5.74, 6) is 1.04. The SMILES string of the molecule is CC1=C(C(=O)Nc2cccc(C)c2)C(c2ccc(OCCc3ccccc3)cc2)n2nnnc2N1. The van der Waals surface area contributed by atoms with Crippen LogP contribution >= 0.6 is 0 Å². The normalized spacial score (nSPS) is 14.7. The van der Waals surface area contributed by atoms with Gasteiger partial charge < -0.3 is 15.4 Å². The number of nitrogens with one attached hydrogen (secondary N) is 2. The molecule has 1 amide bonds. The highest BCUT2D eigenvalue weighted by Crippen LogP contribution is 2.35. The number of fused-ring (bicyclic) bond motifs is 1. The van der Waals surface area contributed by atoms with Crippen molar-refractivity contribution in [2.24, 2.45) is 0 Å². The Labute approximate surface area is 203 Å². The smallest absolute Gasteiger partial charge is 0.255 e. The predicted octanol–water partition coefficient (Wildman–Crippen LogP) is 4.53. The number of rotatable bonds is 7. The molecule has 0 saturated carbocycles. The summed E-state index contributed by atoms with van der Waals surface area (Å²) in [6, 6.07) is 25.2. The van der Waals surface area contributed by atoms with Crippen molar-refractivity contribution in [1.82, 2.24) is 20.2 Å². The standard InChI is InChI=1S/C27H26N6O2/c1-18-7-6-10-22(17-18)29-26(34)24-19(2)28-27-30-31-32-33(27)25(24)21-11-13-23(14-12-21)35-16-15-20-8-4-3-5-9-20/h3-14,17,25H,15-16H2,1-2H3,(H,29,34)(H,28,30,32). The number of anilines is 2. The summed E-state index contributed by atoms with van der Waals surface area (Å²) in [5, 5.41) is 18.2. The fourth-order valence-corrected chi connectivity index (χ4v) is 4.21. The predicted molar refractivity (Wildman–Crippen MR) is 134 cm³/mol. The first kappa shape index (κ1) is 22.3. The lowest BCUT2D eigenvalue weighted by Crippen LogP contribution is -2.31. The number of carbonyl (C=O) groups is 1. The lowest BCUT2D eigenvalue weighted by Gasteiger charge is -2.28. The van der Waals surface area contributed by atoms with Gasteiger partial charge in [0, 0.05) is 17.8 Å². The van der Waals surface area contributed by atoms with Crippen molar-refractivity contribution in [3.05, 3.63) is 107 Å². The van der Waals surface area contributed by atoms with E-state index >= 15 is 0 Å².